The van der Waals surface area contributed by atoms with Crippen molar-refractivity contribution in [2.45, 2.75) is 85.1 Å². The van der Waals surface area contributed by atoms with Gasteiger partial charge in [-0.3, -0.25) is 9.59 Å². The first kappa shape index (κ1) is 19.7. The van der Waals surface area contributed by atoms with Crippen LogP contribution in [0.3, 0.4) is 0 Å². The predicted molar refractivity (Wildman–Crippen MR) is 102 cm³/mol. The maximum atomic E-state index is 12.3. The van der Waals surface area contributed by atoms with Crippen molar-refractivity contribution in [1.82, 2.24) is 5.32 Å². The third-order valence-corrected chi connectivity index (χ3v) is 7.45. The first-order chi connectivity index (χ1) is 12.2. The fourth-order valence-electron chi connectivity index (χ4n) is 5.76. The van der Waals surface area contributed by atoms with Gasteiger partial charge < -0.3 is 10.1 Å². The molecule has 4 nitrogen and oxygen atoms in total. The average Bonchev–Trinajstić information content (AvgIpc) is 3.22. The van der Waals surface area contributed by atoms with E-state index < -0.39 is 0 Å². The fraction of sp³-hybridized carbons (Fsp3) is 0.909. The zero-order valence-corrected chi connectivity index (χ0v) is 17.1. The van der Waals surface area contributed by atoms with Gasteiger partial charge in [0.25, 0.3) is 5.91 Å². The van der Waals surface area contributed by atoms with Crippen LogP contribution < -0.4 is 5.32 Å². The van der Waals surface area contributed by atoms with Crippen molar-refractivity contribution in [2.24, 2.45) is 35.0 Å². The smallest absolute Gasteiger partial charge is 0.309 e. The van der Waals surface area contributed by atoms with Crippen LogP contribution in [0.15, 0.2) is 0 Å². The number of fused-ring (bicyclic) bond motifs is 2. The molecule has 3 saturated carbocycles. The Kier molecular flexibility index (Phi) is 5.98. The molecule has 4 heteroatoms. The first-order valence-corrected chi connectivity index (χ1v) is 10.7. The highest BCUT2D eigenvalue weighted by molar-refractivity contribution is 5.81. The van der Waals surface area contributed by atoms with Crippen LogP contribution in [0.2, 0.25) is 0 Å². The zero-order chi connectivity index (χ0) is 18.9. The molecule has 0 heterocycles. The van der Waals surface area contributed by atoms with E-state index in [2.05, 4.69) is 33.0 Å². The third kappa shape index (κ3) is 4.61. The molecule has 3 aliphatic carbocycles. The maximum absolute atomic E-state index is 12.3. The quantitative estimate of drug-likeness (QED) is 0.740. The number of ether oxygens (including phenoxy) is 1. The van der Waals surface area contributed by atoms with E-state index in [0.717, 1.165) is 37.5 Å². The van der Waals surface area contributed by atoms with E-state index >= 15 is 0 Å². The lowest BCUT2D eigenvalue weighted by atomic mass is 9.70. The standard InChI is InChI=1S/C22H37NO3/c1-14(19-12-15-5-6-17(19)11-15)23-20(24)13-26-21(25)16-7-9-18(10-8-16)22(2,3)4/h14-19H,5-13H2,1-4H3,(H,23,24)/t14-,15+,16?,17+,18?,19+/m1/s1. The number of carbonyl (C=O) groups excluding carboxylic acids is 2. The minimum absolute atomic E-state index is 0.0237. The van der Waals surface area contributed by atoms with Crippen LogP contribution in [0.25, 0.3) is 0 Å². The normalized spacial score (nSPS) is 35.2. The molecule has 1 N–H and O–H groups in total. The van der Waals surface area contributed by atoms with Crippen LogP contribution in [0.1, 0.15) is 79.1 Å². The van der Waals surface area contributed by atoms with Gasteiger partial charge in [0, 0.05) is 6.04 Å². The highest BCUT2D eigenvalue weighted by atomic mass is 16.5. The second-order valence-corrected chi connectivity index (χ2v) is 10.2. The molecule has 26 heavy (non-hydrogen) atoms. The number of hydrogen-bond donors (Lipinski definition) is 1. The summed E-state index contributed by atoms with van der Waals surface area (Å²) in [6.07, 6.45) is 9.24. The highest BCUT2D eigenvalue weighted by Crippen LogP contribution is 2.49. The van der Waals surface area contributed by atoms with Crippen LogP contribution in [0.4, 0.5) is 0 Å². The van der Waals surface area contributed by atoms with E-state index in [-0.39, 0.29) is 30.4 Å². The lowest BCUT2D eigenvalue weighted by Gasteiger charge is -2.36. The topological polar surface area (TPSA) is 55.4 Å². The molecule has 0 unspecified atom stereocenters. The summed E-state index contributed by atoms with van der Waals surface area (Å²) in [5.41, 5.74) is 0.310. The van der Waals surface area contributed by atoms with Gasteiger partial charge in [0.2, 0.25) is 0 Å². The van der Waals surface area contributed by atoms with Crippen LogP contribution in [-0.4, -0.2) is 24.5 Å². The highest BCUT2D eigenvalue weighted by Gasteiger charge is 2.42. The molecule has 0 aromatic rings. The summed E-state index contributed by atoms with van der Waals surface area (Å²) in [6.45, 7) is 8.82. The predicted octanol–water partition coefficient (Wildman–Crippen LogP) is 4.32. The van der Waals surface area contributed by atoms with Gasteiger partial charge in [0.15, 0.2) is 6.61 Å². The maximum Gasteiger partial charge on any atom is 0.309 e. The minimum atomic E-state index is -0.180. The molecule has 0 aromatic heterocycles. The minimum Gasteiger partial charge on any atom is -0.455 e. The molecule has 1 amide bonds. The van der Waals surface area contributed by atoms with E-state index in [1.165, 1.54) is 25.7 Å². The molecular formula is C22H37NO3. The molecule has 0 spiro atoms. The summed E-state index contributed by atoms with van der Waals surface area (Å²) in [5, 5.41) is 3.08. The van der Waals surface area contributed by atoms with Gasteiger partial charge in [-0.1, -0.05) is 27.2 Å². The number of amides is 1. The summed E-state index contributed by atoms with van der Waals surface area (Å²) < 4.78 is 5.34. The Morgan fingerprint density at radius 2 is 1.73 bits per heavy atom. The summed E-state index contributed by atoms with van der Waals surface area (Å²) in [6, 6.07) is 0.193. The van der Waals surface area contributed by atoms with Crippen LogP contribution in [-0.2, 0) is 14.3 Å². The van der Waals surface area contributed by atoms with Crippen molar-refractivity contribution < 1.29 is 14.3 Å². The Morgan fingerprint density at radius 1 is 1.04 bits per heavy atom. The number of rotatable bonds is 5. The first-order valence-electron chi connectivity index (χ1n) is 10.7. The Morgan fingerprint density at radius 3 is 2.27 bits per heavy atom. The lowest BCUT2D eigenvalue weighted by Crippen LogP contribution is -2.42. The Balaban J connectivity index is 1.36. The van der Waals surface area contributed by atoms with E-state index in [1.54, 1.807) is 0 Å². The summed E-state index contributed by atoms with van der Waals surface area (Å²) in [7, 11) is 0. The van der Waals surface area contributed by atoms with Crippen molar-refractivity contribution in [1.29, 1.82) is 0 Å². The van der Waals surface area contributed by atoms with Crippen molar-refractivity contribution in [3.63, 3.8) is 0 Å². The third-order valence-electron chi connectivity index (χ3n) is 7.45. The summed E-state index contributed by atoms with van der Waals surface area (Å²) >= 11 is 0. The van der Waals surface area contributed by atoms with Crippen molar-refractivity contribution in [2.75, 3.05) is 6.61 Å². The van der Waals surface area contributed by atoms with Crippen molar-refractivity contribution in [3.05, 3.63) is 0 Å². The Bertz CT molecular complexity index is 516. The zero-order valence-electron chi connectivity index (χ0n) is 17.1. The Labute approximate surface area is 158 Å². The number of hydrogen-bond acceptors (Lipinski definition) is 3. The molecule has 3 rings (SSSR count). The molecule has 4 atom stereocenters. The molecule has 0 aliphatic heterocycles. The van der Waals surface area contributed by atoms with E-state index in [0.29, 0.717) is 17.3 Å². The number of carbonyl (C=O) groups is 2. The number of nitrogens with one attached hydrogen (secondary N) is 1. The van der Waals surface area contributed by atoms with Crippen LogP contribution >= 0.6 is 0 Å². The van der Waals surface area contributed by atoms with Gasteiger partial charge in [-0.2, -0.15) is 0 Å². The van der Waals surface area contributed by atoms with Crippen molar-refractivity contribution >= 4 is 11.9 Å². The van der Waals surface area contributed by atoms with Gasteiger partial charge in [0.1, 0.15) is 0 Å². The van der Waals surface area contributed by atoms with Gasteiger partial charge in [0.05, 0.1) is 5.92 Å². The molecule has 0 radical (unpaired) electrons. The molecule has 2 bridgehead atoms. The SMILES string of the molecule is C[C@@H](NC(=O)COC(=O)C1CCC(C(C)(C)C)CC1)[C@@H]1C[C@H]2CC[C@H]1C2. The Hall–Kier alpha value is -1.06. The largest absolute Gasteiger partial charge is 0.455 e. The molecule has 3 fully saturated rings. The van der Waals surface area contributed by atoms with E-state index in [1.807, 2.05) is 0 Å². The van der Waals surface area contributed by atoms with Gasteiger partial charge in [-0.05, 0) is 81.0 Å². The molecule has 0 saturated heterocycles. The fourth-order valence-corrected chi connectivity index (χ4v) is 5.76. The molecule has 0 aromatic carbocycles. The second kappa shape index (κ2) is 7.90. The van der Waals surface area contributed by atoms with Crippen LogP contribution in [0, 0.1) is 35.0 Å². The van der Waals surface area contributed by atoms with E-state index in [9.17, 15) is 9.59 Å². The second-order valence-electron chi connectivity index (χ2n) is 10.2. The van der Waals surface area contributed by atoms with Crippen LogP contribution in [0.5, 0.6) is 0 Å². The average molecular weight is 364 g/mol. The molecule has 3 aliphatic rings. The van der Waals surface area contributed by atoms with Gasteiger partial charge in [-0.25, -0.2) is 0 Å². The lowest BCUT2D eigenvalue weighted by molar-refractivity contribution is -0.154. The monoisotopic (exact) mass is 363 g/mol. The summed E-state index contributed by atoms with van der Waals surface area (Å²) in [4.78, 5) is 24.5. The van der Waals surface area contributed by atoms with E-state index in [4.69, 9.17) is 4.74 Å². The number of esters is 1. The van der Waals surface area contributed by atoms with Gasteiger partial charge in [-0.15, -0.1) is 0 Å². The molecular weight excluding hydrogens is 326 g/mol. The molecule has 148 valence electrons. The van der Waals surface area contributed by atoms with Gasteiger partial charge >= 0.3 is 5.97 Å². The van der Waals surface area contributed by atoms with Crippen molar-refractivity contribution in [3.8, 4) is 0 Å². The summed E-state index contributed by atoms with van der Waals surface area (Å²) in [5.74, 6) is 2.61.